The van der Waals surface area contributed by atoms with E-state index in [4.69, 9.17) is 0 Å². The van der Waals surface area contributed by atoms with Gasteiger partial charge in [0.1, 0.15) is 5.75 Å². The molecule has 1 aromatic rings. The Balaban J connectivity index is 2.12. The van der Waals surface area contributed by atoms with Crippen LogP contribution in [-0.4, -0.2) is 30.4 Å². The molecule has 0 bridgehead atoms. The average molecular weight is 257 g/mol. The largest absolute Gasteiger partial charge is 0.435 e. The van der Waals surface area contributed by atoms with Gasteiger partial charge >= 0.3 is 6.61 Å². The molecule has 1 heterocycles. The Bertz CT molecular complexity index is 392. The van der Waals surface area contributed by atoms with Crippen molar-refractivity contribution in [3.63, 3.8) is 0 Å². The lowest BCUT2D eigenvalue weighted by molar-refractivity contribution is -0.0518. The second-order valence-electron chi connectivity index (χ2n) is 4.64. The molecule has 5 heteroatoms. The zero-order valence-electron chi connectivity index (χ0n) is 10.0. The molecule has 0 unspecified atom stereocenters. The summed E-state index contributed by atoms with van der Waals surface area (Å²) in [6.45, 7) is -1.35. The number of aliphatic hydroxyl groups is 1. The molecular formula is C13H17F2NO2. The summed E-state index contributed by atoms with van der Waals surface area (Å²) in [5, 5.41) is 13.6. The van der Waals surface area contributed by atoms with Crippen LogP contribution >= 0.6 is 0 Å². The molecule has 3 nitrogen and oxygen atoms in total. The molecule has 0 atom stereocenters. The number of rotatable bonds is 4. The summed E-state index contributed by atoms with van der Waals surface area (Å²) >= 11 is 0. The van der Waals surface area contributed by atoms with Gasteiger partial charge in [-0.1, -0.05) is 18.2 Å². The van der Waals surface area contributed by atoms with Crippen LogP contribution in [0.4, 0.5) is 8.78 Å². The van der Waals surface area contributed by atoms with Crippen LogP contribution in [0.3, 0.4) is 0 Å². The van der Waals surface area contributed by atoms with Gasteiger partial charge in [0.15, 0.2) is 0 Å². The molecule has 0 spiro atoms. The Morgan fingerprint density at radius 1 is 1.28 bits per heavy atom. The van der Waals surface area contributed by atoms with Crippen molar-refractivity contribution in [3.8, 4) is 5.75 Å². The van der Waals surface area contributed by atoms with Crippen molar-refractivity contribution in [3.05, 3.63) is 29.8 Å². The number of hydrogen-bond acceptors (Lipinski definition) is 3. The molecule has 1 aliphatic rings. The third-order valence-electron chi connectivity index (χ3n) is 3.24. The van der Waals surface area contributed by atoms with Crippen LogP contribution in [0.5, 0.6) is 5.75 Å². The molecule has 2 rings (SSSR count). The summed E-state index contributed by atoms with van der Waals surface area (Å²) in [7, 11) is 0. The van der Waals surface area contributed by atoms with Crippen LogP contribution < -0.4 is 10.1 Å². The zero-order chi connectivity index (χ0) is 13.0. The van der Waals surface area contributed by atoms with Gasteiger partial charge in [0.2, 0.25) is 0 Å². The number of piperidine rings is 1. The van der Waals surface area contributed by atoms with Gasteiger partial charge in [0.25, 0.3) is 0 Å². The van der Waals surface area contributed by atoms with E-state index in [9.17, 15) is 13.9 Å². The Kier molecular flexibility index (Phi) is 4.14. The molecule has 0 amide bonds. The fourth-order valence-electron chi connectivity index (χ4n) is 2.28. The van der Waals surface area contributed by atoms with Gasteiger partial charge in [-0.3, -0.25) is 0 Å². The molecule has 1 fully saturated rings. The van der Waals surface area contributed by atoms with Gasteiger partial charge in [0, 0.05) is 6.42 Å². The minimum absolute atomic E-state index is 0.152. The number of para-hydroxylation sites is 1. The maximum Gasteiger partial charge on any atom is 0.387 e. The van der Waals surface area contributed by atoms with Crippen LogP contribution in [0.15, 0.2) is 24.3 Å². The van der Waals surface area contributed by atoms with Crippen molar-refractivity contribution in [1.29, 1.82) is 0 Å². The highest BCUT2D eigenvalue weighted by molar-refractivity contribution is 5.34. The Morgan fingerprint density at radius 2 is 1.94 bits per heavy atom. The van der Waals surface area contributed by atoms with Gasteiger partial charge in [-0.05, 0) is 37.6 Å². The number of nitrogens with one attached hydrogen (secondary N) is 1. The Morgan fingerprint density at radius 3 is 2.61 bits per heavy atom. The zero-order valence-corrected chi connectivity index (χ0v) is 10.0. The van der Waals surface area contributed by atoms with E-state index in [1.54, 1.807) is 18.2 Å². The monoisotopic (exact) mass is 257 g/mol. The van der Waals surface area contributed by atoms with Crippen molar-refractivity contribution >= 4 is 0 Å². The molecule has 0 aromatic heterocycles. The standard InChI is InChI=1S/C13H17F2NO2/c14-12(15)18-11-4-2-1-3-10(11)9-13(17)5-7-16-8-6-13/h1-4,12,16-17H,5-9H2. The van der Waals surface area contributed by atoms with E-state index in [-0.39, 0.29) is 5.75 Å². The summed E-state index contributed by atoms with van der Waals surface area (Å²) in [5.74, 6) is 0.152. The highest BCUT2D eigenvalue weighted by Crippen LogP contribution is 2.29. The van der Waals surface area contributed by atoms with Crippen LogP contribution in [0.25, 0.3) is 0 Å². The normalized spacial score (nSPS) is 18.9. The molecule has 2 N–H and O–H groups in total. The predicted molar refractivity (Wildman–Crippen MR) is 63.8 cm³/mol. The van der Waals surface area contributed by atoms with Gasteiger partial charge in [-0.25, -0.2) is 0 Å². The number of hydrogen-bond donors (Lipinski definition) is 2. The molecule has 100 valence electrons. The summed E-state index contributed by atoms with van der Waals surface area (Å²) in [6.07, 6.45) is 1.59. The first-order chi connectivity index (χ1) is 8.59. The quantitative estimate of drug-likeness (QED) is 0.866. The second kappa shape index (κ2) is 5.63. The Hall–Kier alpha value is -1.20. The SMILES string of the molecule is OC1(Cc2ccccc2OC(F)F)CCNCC1. The van der Waals surface area contributed by atoms with E-state index < -0.39 is 12.2 Å². The molecule has 0 radical (unpaired) electrons. The minimum Gasteiger partial charge on any atom is -0.435 e. The molecule has 1 aliphatic heterocycles. The number of alkyl halides is 2. The smallest absolute Gasteiger partial charge is 0.387 e. The van der Waals surface area contributed by atoms with Gasteiger partial charge in [-0.2, -0.15) is 8.78 Å². The van der Waals surface area contributed by atoms with Crippen molar-refractivity contribution < 1.29 is 18.6 Å². The van der Waals surface area contributed by atoms with E-state index in [0.717, 1.165) is 13.1 Å². The van der Waals surface area contributed by atoms with Gasteiger partial charge in [-0.15, -0.1) is 0 Å². The number of benzene rings is 1. The minimum atomic E-state index is -2.84. The lowest BCUT2D eigenvalue weighted by atomic mass is 9.86. The lowest BCUT2D eigenvalue weighted by Crippen LogP contribution is -2.43. The maximum atomic E-state index is 12.3. The van der Waals surface area contributed by atoms with Crippen LogP contribution in [0, 0.1) is 0 Å². The molecule has 1 aromatic carbocycles. The fourth-order valence-corrected chi connectivity index (χ4v) is 2.28. The van der Waals surface area contributed by atoms with E-state index >= 15 is 0 Å². The van der Waals surface area contributed by atoms with Crippen LogP contribution in [0.2, 0.25) is 0 Å². The van der Waals surface area contributed by atoms with E-state index in [1.165, 1.54) is 6.07 Å². The first-order valence-corrected chi connectivity index (χ1v) is 6.05. The molecule has 0 aliphatic carbocycles. The summed E-state index contributed by atoms with van der Waals surface area (Å²) in [5.41, 5.74) is -0.200. The first kappa shape index (κ1) is 13.2. The number of halogens is 2. The molecular weight excluding hydrogens is 240 g/mol. The van der Waals surface area contributed by atoms with Crippen molar-refractivity contribution in [2.24, 2.45) is 0 Å². The van der Waals surface area contributed by atoms with Crippen LogP contribution in [0.1, 0.15) is 18.4 Å². The molecule has 0 saturated carbocycles. The topological polar surface area (TPSA) is 41.5 Å². The molecule has 1 saturated heterocycles. The van der Waals surface area contributed by atoms with E-state index in [0.29, 0.717) is 24.8 Å². The number of ether oxygens (including phenoxy) is 1. The Labute approximate surface area is 105 Å². The highest BCUT2D eigenvalue weighted by atomic mass is 19.3. The van der Waals surface area contributed by atoms with Gasteiger partial charge in [0.05, 0.1) is 5.60 Å². The highest BCUT2D eigenvalue weighted by Gasteiger charge is 2.30. The van der Waals surface area contributed by atoms with Crippen molar-refractivity contribution in [2.45, 2.75) is 31.5 Å². The fraction of sp³-hybridized carbons (Fsp3) is 0.538. The summed E-state index contributed by atoms with van der Waals surface area (Å²) in [4.78, 5) is 0. The predicted octanol–water partition coefficient (Wildman–Crippen LogP) is 1.94. The average Bonchev–Trinajstić information content (AvgIpc) is 2.32. The van der Waals surface area contributed by atoms with E-state index in [2.05, 4.69) is 10.1 Å². The molecule has 18 heavy (non-hydrogen) atoms. The maximum absolute atomic E-state index is 12.3. The van der Waals surface area contributed by atoms with Gasteiger partial charge < -0.3 is 15.2 Å². The lowest BCUT2D eigenvalue weighted by Gasteiger charge is -2.33. The van der Waals surface area contributed by atoms with Crippen LogP contribution in [-0.2, 0) is 6.42 Å². The van der Waals surface area contributed by atoms with Crippen molar-refractivity contribution in [1.82, 2.24) is 5.32 Å². The summed E-state index contributed by atoms with van der Waals surface area (Å²) in [6, 6.07) is 6.63. The first-order valence-electron chi connectivity index (χ1n) is 6.05. The third kappa shape index (κ3) is 3.40. The second-order valence-corrected chi connectivity index (χ2v) is 4.64. The van der Waals surface area contributed by atoms with Crippen molar-refractivity contribution in [2.75, 3.05) is 13.1 Å². The van der Waals surface area contributed by atoms with E-state index in [1.807, 2.05) is 0 Å². The third-order valence-corrected chi connectivity index (χ3v) is 3.24. The summed E-state index contributed by atoms with van der Waals surface area (Å²) < 4.78 is 29.0.